The first-order valence-electron chi connectivity index (χ1n) is 14.2. The third-order valence-electron chi connectivity index (χ3n) is 5.73. The van der Waals surface area contributed by atoms with Gasteiger partial charge in [0.05, 0.1) is 12.2 Å². The number of aliphatic hydroxyl groups is 2. The standard InChI is InChI=1S/C25H33ClN4O3.3C2H6/c1-17(31)22-11-19(12-28-13-22)16-30(2)25(33)20-5-3-18(4-6-20)9-10-27-15-23(32)21-7-8-24(26)29-14-21;3*1-2/h3-8,11-12,17,23,27-29,31-32H,9-10,13-16H2,1-2H3;3*1-2H3. The third-order valence-corrected chi connectivity index (χ3v) is 5.99. The van der Waals surface area contributed by atoms with Gasteiger partial charge in [-0.05, 0) is 60.4 Å². The number of benzene rings is 1. The number of carbonyl (C=O) groups excluding carboxylic acids is 1. The van der Waals surface area contributed by atoms with Gasteiger partial charge < -0.3 is 31.1 Å². The molecule has 0 fully saturated rings. The second-order valence-electron chi connectivity index (χ2n) is 8.43. The SMILES string of the molecule is CC.CC.CC.CC(O)C1=CC(CN(C)C(=O)c2ccc(CCNCC(O)C3=CC=C(Cl)NC3)cc2)=CNC1. The zero-order chi connectivity index (χ0) is 29.8. The molecule has 8 heteroatoms. The topological polar surface area (TPSA) is 96.9 Å². The lowest BCUT2D eigenvalue weighted by Gasteiger charge is -2.22. The van der Waals surface area contributed by atoms with Crippen molar-refractivity contribution >= 4 is 17.5 Å². The Labute approximate surface area is 241 Å². The van der Waals surface area contributed by atoms with Crippen LogP contribution in [0.1, 0.15) is 64.4 Å². The summed E-state index contributed by atoms with van der Waals surface area (Å²) in [5, 5.41) is 30.0. The highest BCUT2D eigenvalue weighted by atomic mass is 35.5. The molecule has 5 N–H and O–H groups in total. The highest BCUT2D eigenvalue weighted by molar-refractivity contribution is 6.29. The molecule has 1 amide bonds. The fourth-order valence-corrected chi connectivity index (χ4v) is 3.82. The summed E-state index contributed by atoms with van der Waals surface area (Å²) in [5.74, 6) is -0.0511. The largest absolute Gasteiger partial charge is 0.389 e. The van der Waals surface area contributed by atoms with E-state index in [-0.39, 0.29) is 5.91 Å². The molecule has 39 heavy (non-hydrogen) atoms. The van der Waals surface area contributed by atoms with Crippen LogP contribution in [0, 0.1) is 0 Å². The molecule has 2 aliphatic heterocycles. The summed E-state index contributed by atoms with van der Waals surface area (Å²) in [6.07, 6.45) is 7.16. The number of nitrogens with zero attached hydrogens (tertiary/aromatic N) is 1. The summed E-state index contributed by atoms with van der Waals surface area (Å²) in [6.45, 7) is 16.6. The Morgan fingerprint density at radius 3 is 2.23 bits per heavy atom. The van der Waals surface area contributed by atoms with Crippen molar-refractivity contribution < 1.29 is 15.0 Å². The van der Waals surface area contributed by atoms with Crippen molar-refractivity contribution in [1.82, 2.24) is 20.9 Å². The molecule has 1 aromatic rings. The third kappa shape index (κ3) is 13.4. The van der Waals surface area contributed by atoms with Crippen molar-refractivity contribution in [2.24, 2.45) is 0 Å². The van der Waals surface area contributed by atoms with Crippen LogP contribution in [0.2, 0.25) is 0 Å². The number of hydrogen-bond donors (Lipinski definition) is 5. The predicted molar refractivity (Wildman–Crippen MR) is 166 cm³/mol. The van der Waals surface area contributed by atoms with Crippen molar-refractivity contribution in [2.75, 3.05) is 39.8 Å². The van der Waals surface area contributed by atoms with Crippen molar-refractivity contribution in [1.29, 1.82) is 0 Å². The first-order valence-corrected chi connectivity index (χ1v) is 14.6. The highest BCUT2D eigenvalue weighted by Crippen LogP contribution is 2.14. The zero-order valence-corrected chi connectivity index (χ0v) is 25.9. The first kappa shape index (κ1) is 36.4. The summed E-state index contributed by atoms with van der Waals surface area (Å²) in [7, 11) is 1.78. The van der Waals surface area contributed by atoms with E-state index in [0.717, 1.165) is 35.2 Å². The van der Waals surface area contributed by atoms with Crippen LogP contribution in [0.5, 0.6) is 0 Å². The quantitative estimate of drug-likeness (QED) is 0.209. The summed E-state index contributed by atoms with van der Waals surface area (Å²) in [5.41, 5.74) is 4.52. The maximum absolute atomic E-state index is 12.8. The number of allylic oxidation sites excluding steroid dienone is 2. The Bertz CT molecular complexity index is 953. The molecule has 2 unspecified atom stereocenters. The van der Waals surface area contributed by atoms with E-state index < -0.39 is 12.2 Å². The normalized spacial score (nSPS) is 15.3. The maximum atomic E-state index is 12.8. The maximum Gasteiger partial charge on any atom is 0.253 e. The number of hydrogen-bond acceptors (Lipinski definition) is 6. The Balaban J connectivity index is 0.00000225. The molecule has 2 aliphatic rings. The lowest BCUT2D eigenvalue weighted by Crippen LogP contribution is -2.33. The van der Waals surface area contributed by atoms with Crippen LogP contribution in [0.3, 0.4) is 0 Å². The number of carbonyl (C=O) groups is 1. The lowest BCUT2D eigenvalue weighted by atomic mass is 10.0. The summed E-state index contributed by atoms with van der Waals surface area (Å²) in [4.78, 5) is 14.5. The van der Waals surface area contributed by atoms with Crippen LogP contribution in [0.15, 0.2) is 70.6 Å². The van der Waals surface area contributed by atoms with E-state index in [0.29, 0.717) is 36.9 Å². The van der Waals surface area contributed by atoms with Crippen molar-refractivity contribution in [3.63, 3.8) is 0 Å². The minimum absolute atomic E-state index is 0.0511. The van der Waals surface area contributed by atoms with Gasteiger partial charge in [0.15, 0.2) is 0 Å². The van der Waals surface area contributed by atoms with Crippen LogP contribution < -0.4 is 16.0 Å². The molecule has 0 saturated heterocycles. The van der Waals surface area contributed by atoms with Crippen LogP contribution >= 0.6 is 11.6 Å². The van der Waals surface area contributed by atoms with E-state index in [9.17, 15) is 15.0 Å². The molecule has 2 atom stereocenters. The van der Waals surface area contributed by atoms with Gasteiger partial charge in [0.2, 0.25) is 0 Å². The minimum atomic E-state index is -0.560. The van der Waals surface area contributed by atoms with Crippen molar-refractivity contribution in [3.05, 3.63) is 81.7 Å². The minimum Gasteiger partial charge on any atom is -0.389 e. The van der Waals surface area contributed by atoms with Crippen molar-refractivity contribution in [2.45, 2.75) is 67.1 Å². The van der Waals surface area contributed by atoms with E-state index in [4.69, 9.17) is 11.6 Å². The molecule has 0 aliphatic carbocycles. The number of nitrogens with one attached hydrogen (secondary N) is 3. The van der Waals surface area contributed by atoms with E-state index in [1.165, 1.54) is 0 Å². The van der Waals surface area contributed by atoms with Gasteiger partial charge in [-0.3, -0.25) is 4.79 Å². The van der Waals surface area contributed by atoms with Crippen LogP contribution in [0.4, 0.5) is 0 Å². The molecular weight excluding hydrogens is 512 g/mol. The van der Waals surface area contributed by atoms with Gasteiger partial charge in [0.25, 0.3) is 5.91 Å². The molecule has 2 heterocycles. The number of halogens is 1. The Morgan fingerprint density at radius 2 is 1.67 bits per heavy atom. The molecule has 0 spiro atoms. The molecule has 3 rings (SSSR count). The molecule has 0 aromatic heterocycles. The second-order valence-corrected chi connectivity index (χ2v) is 8.84. The lowest BCUT2D eigenvalue weighted by molar-refractivity contribution is 0.0807. The molecule has 220 valence electrons. The van der Waals surface area contributed by atoms with E-state index >= 15 is 0 Å². The first-order chi connectivity index (χ1) is 18.8. The average molecular weight is 563 g/mol. The Morgan fingerprint density at radius 1 is 1.03 bits per heavy atom. The molecule has 0 saturated carbocycles. The van der Waals surface area contributed by atoms with Gasteiger partial charge in [0, 0.05) is 45.0 Å². The Hall–Kier alpha value is -2.58. The van der Waals surface area contributed by atoms with Crippen LogP contribution in [-0.4, -0.2) is 73.0 Å². The number of likely N-dealkylation sites (N-methyl/N-ethyl adjacent to an activating group) is 1. The smallest absolute Gasteiger partial charge is 0.253 e. The number of rotatable bonds is 10. The Kier molecular flexibility index (Phi) is 19.9. The van der Waals surface area contributed by atoms with Gasteiger partial charge in [0.1, 0.15) is 5.16 Å². The number of dihydropyridines is 2. The second kappa shape index (κ2) is 21.3. The molecular formula is C31H51ClN4O3. The van der Waals surface area contributed by atoms with Crippen LogP contribution in [-0.2, 0) is 6.42 Å². The van der Waals surface area contributed by atoms with Gasteiger partial charge >= 0.3 is 0 Å². The van der Waals surface area contributed by atoms with E-state index in [1.54, 1.807) is 24.9 Å². The average Bonchev–Trinajstić information content (AvgIpc) is 2.98. The number of aliphatic hydroxyl groups excluding tert-OH is 2. The highest BCUT2D eigenvalue weighted by Gasteiger charge is 2.16. The fourth-order valence-electron chi connectivity index (χ4n) is 3.69. The van der Waals surface area contributed by atoms with Gasteiger partial charge in [-0.1, -0.05) is 77.4 Å². The van der Waals surface area contributed by atoms with Gasteiger partial charge in [-0.15, -0.1) is 0 Å². The van der Waals surface area contributed by atoms with E-state index in [2.05, 4.69) is 16.0 Å². The van der Waals surface area contributed by atoms with E-state index in [1.807, 2.05) is 84.2 Å². The van der Waals surface area contributed by atoms with Gasteiger partial charge in [-0.2, -0.15) is 0 Å². The summed E-state index contributed by atoms with van der Waals surface area (Å²) in [6, 6.07) is 7.63. The number of amides is 1. The summed E-state index contributed by atoms with van der Waals surface area (Å²) < 4.78 is 0. The molecule has 1 aromatic carbocycles. The van der Waals surface area contributed by atoms with Crippen molar-refractivity contribution in [3.8, 4) is 0 Å². The summed E-state index contributed by atoms with van der Waals surface area (Å²) >= 11 is 5.86. The fraction of sp³-hybridized carbons (Fsp3) is 0.516. The zero-order valence-electron chi connectivity index (χ0n) is 25.1. The molecule has 7 nitrogen and oxygen atoms in total. The molecule has 0 radical (unpaired) electrons. The van der Waals surface area contributed by atoms with Crippen LogP contribution in [0.25, 0.3) is 0 Å². The van der Waals surface area contributed by atoms with Gasteiger partial charge in [-0.25, -0.2) is 0 Å². The predicted octanol–water partition coefficient (Wildman–Crippen LogP) is 4.73. The monoisotopic (exact) mass is 562 g/mol. The molecule has 0 bridgehead atoms.